The summed E-state index contributed by atoms with van der Waals surface area (Å²) in [5.41, 5.74) is 1.77. The molecule has 0 atom stereocenters. The zero-order valence-electron chi connectivity index (χ0n) is 10.9. The lowest BCUT2D eigenvalue weighted by molar-refractivity contribution is 0.0879. The number of imide groups is 1. The quantitative estimate of drug-likeness (QED) is 0.829. The summed E-state index contributed by atoms with van der Waals surface area (Å²) < 4.78 is 5.33. The van der Waals surface area contributed by atoms with Crippen LogP contribution in [-0.2, 0) is 6.42 Å². The molecule has 2 amide bonds. The Morgan fingerprint density at radius 2 is 1.94 bits per heavy atom. The van der Waals surface area contributed by atoms with Gasteiger partial charge in [-0.3, -0.25) is 14.9 Å². The minimum atomic E-state index is -0.363. The maximum absolute atomic E-state index is 11.7. The van der Waals surface area contributed by atoms with Gasteiger partial charge in [-0.15, -0.1) is 0 Å². The highest BCUT2D eigenvalue weighted by Gasteiger charge is 2.31. The molecule has 0 saturated carbocycles. The smallest absolute Gasteiger partial charge is 0.262 e. The fourth-order valence-electron chi connectivity index (χ4n) is 2.15. The van der Waals surface area contributed by atoms with Crippen molar-refractivity contribution >= 4 is 11.8 Å². The Morgan fingerprint density at radius 1 is 1.22 bits per heavy atom. The number of nitrogens with one attached hydrogen (secondary N) is 1. The summed E-state index contributed by atoms with van der Waals surface area (Å²) in [5, 5.41) is 2.29. The van der Waals surface area contributed by atoms with Gasteiger partial charge in [0.15, 0.2) is 0 Å². The van der Waals surface area contributed by atoms with E-state index in [1.807, 2.05) is 6.07 Å². The van der Waals surface area contributed by atoms with E-state index in [0.717, 1.165) is 18.4 Å². The van der Waals surface area contributed by atoms with Crippen molar-refractivity contribution < 1.29 is 14.3 Å². The average molecular weight is 247 g/mol. The van der Waals surface area contributed by atoms with E-state index in [1.165, 1.54) is 7.11 Å². The third kappa shape index (κ3) is 2.10. The Labute approximate surface area is 106 Å². The van der Waals surface area contributed by atoms with Gasteiger partial charge in [0, 0.05) is 0 Å². The van der Waals surface area contributed by atoms with Crippen molar-refractivity contribution in [2.75, 3.05) is 7.11 Å². The van der Waals surface area contributed by atoms with Crippen LogP contribution in [0.4, 0.5) is 0 Å². The molecule has 96 valence electrons. The normalized spacial score (nSPS) is 13.8. The number of rotatable bonds is 4. The van der Waals surface area contributed by atoms with Gasteiger partial charge in [0.25, 0.3) is 11.8 Å². The van der Waals surface area contributed by atoms with Crippen LogP contribution in [0, 0.1) is 5.92 Å². The fourth-order valence-corrected chi connectivity index (χ4v) is 2.15. The average Bonchev–Trinajstić information content (AvgIpc) is 2.62. The molecule has 1 aliphatic heterocycles. The number of benzene rings is 1. The van der Waals surface area contributed by atoms with Crippen LogP contribution in [-0.4, -0.2) is 18.9 Å². The highest BCUT2D eigenvalue weighted by Crippen LogP contribution is 2.31. The second-order valence-electron chi connectivity index (χ2n) is 4.90. The van der Waals surface area contributed by atoms with Gasteiger partial charge in [-0.2, -0.15) is 0 Å². The minimum absolute atomic E-state index is 0.344. The maximum Gasteiger partial charge on any atom is 0.262 e. The summed E-state index contributed by atoms with van der Waals surface area (Å²) in [4.78, 5) is 23.3. The molecule has 1 aromatic rings. The van der Waals surface area contributed by atoms with E-state index in [0.29, 0.717) is 22.8 Å². The minimum Gasteiger partial charge on any atom is -0.496 e. The van der Waals surface area contributed by atoms with Crippen LogP contribution in [0.5, 0.6) is 5.75 Å². The molecule has 2 rings (SSSR count). The maximum atomic E-state index is 11.7. The molecule has 0 bridgehead atoms. The van der Waals surface area contributed by atoms with Gasteiger partial charge in [0.1, 0.15) is 5.75 Å². The first-order valence-corrected chi connectivity index (χ1v) is 6.10. The zero-order valence-corrected chi connectivity index (χ0v) is 10.9. The second-order valence-corrected chi connectivity index (χ2v) is 4.90. The molecule has 4 heteroatoms. The topological polar surface area (TPSA) is 55.4 Å². The van der Waals surface area contributed by atoms with E-state index in [1.54, 1.807) is 6.07 Å². The molecular weight excluding hydrogens is 230 g/mol. The number of carbonyl (C=O) groups is 2. The summed E-state index contributed by atoms with van der Waals surface area (Å²) in [7, 11) is 1.53. The van der Waals surface area contributed by atoms with Crippen molar-refractivity contribution in [3.05, 3.63) is 28.8 Å². The SMILES string of the molecule is COc1c(CCC(C)C)ccc2c1C(=O)NC2=O. The van der Waals surface area contributed by atoms with E-state index in [-0.39, 0.29) is 11.8 Å². The number of hydrogen-bond acceptors (Lipinski definition) is 3. The van der Waals surface area contributed by atoms with Crippen molar-refractivity contribution in [1.29, 1.82) is 0 Å². The predicted octanol–water partition coefficient (Wildman–Crippen LogP) is 2.17. The molecule has 0 spiro atoms. The monoisotopic (exact) mass is 247 g/mol. The van der Waals surface area contributed by atoms with Crippen LogP contribution >= 0.6 is 0 Å². The lowest BCUT2D eigenvalue weighted by atomic mass is 9.97. The van der Waals surface area contributed by atoms with E-state index >= 15 is 0 Å². The predicted molar refractivity (Wildman–Crippen MR) is 67.9 cm³/mol. The molecule has 1 aromatic carbocycles. The molecule has 0 unspecified atom stereocenters. The fraction of sp³-hybridized carbons (Fsp3) is 0.429. The Hall–Kier alpha value is -1.84. The molecule has 1 heterocycles. The first kappa shape index (κ1) is 12.6. The van der Waals surface area contributed by atoms with Gasteiger partial charge >= 0.3 is 0 Å². The van der Waals surface area contributed by atoms with Gasteiger partial charge in [-0.25, -0.2) is 0 Å². The lowest BCUT2D eigenvalue weighted by Crippen LogP contribution is -2.20. The molecule has 0 radical (unpaired) electrons. The van der Waals surface area contributed by atoms with Crippen molar-refractivity contribution in [1.82, 2.24) is 5.32 Å². The number of hydrogen-bond donors (Lipinski definition) is 1. The summed E-state index contributed by atoms with van der Waals surface area (Å²) in [6, 6.07) is 3.58. The molecule has 0 aromatic heterocycles. The molecular formula is C14H17NO3. The van der Waals surface area contributed by atoms with E-state index in [4.69, 9.17) is 4.74 Å². The Bertz CT molecular complexity index is 506. The Kier molecular flexibility index (Phi) is 3.36. The lowest BCUT2D eigenvalue weighted by Gasteiger charge is -2.12. The largest absolute Gasteiger partial charge is 0.496 e. The number of aryl methyl sites for hydroxylation is 1. The van der Waals surface area contributed by atoms with Gasteiger partial charge in [0.2, 0.25) is 0 Å². The van der Waals surface area contributed by atoms with E-state index < -0.39 is 0 Å². The number of fused-ring (bicyclic) bond motifs is 1. The van der Waals surface area contributed by atoms with E-state index in [2.05, 4.69) is 19.2 Å². The third-order valence-electron chi connectivity index (χ3n) is 3.13. The summed E-state index contributed by atoms with van der Waals surface area (Å²) in [5.74, 6) is 0.414. The highest BCUT2D eigenvalue weighted by atomic mass is 16.5. The van der Waals surface area contributed by atoms with Crippen LogP contribution in [0.15, 0.2) is 12.1 Å². The molecule has 0 fully saturated rings. The first-order chi connectivity index (χ1) is 8.54. The van der Waals surface area contributed by atoms with Crippen LogP contribution in [0.3, 0.4) is 0 Å². The number of ether oxygens (including phenoxy) is 1. The highest BCUT2D eigenvalue weighted by molar-refractivity contribution is 6.22. The van der Waals surface area contributed by atoms with Gasteiger partial charge in [-0.1, -0.05) is 19.9 Å². The number of methoxy groups -OCH3 is 1. The van der Waals surface area contributed by atoms with Crippen LogP contribution in [0.2, 0.25) is 0 Å². The standard InChI is InChI=1S/C14H17NO3/c1-8(2)4-5-9-6-7-10-11(12(9)18-3)14(17)15-13(10)16/h6-8H,4-5H2,1-3H3,(H,15,16,17). The summed E-state index contributed by atoms with van der Waals surface area (Å²) in [6.45, 7) is 4.30. The zero-order chi connectivity index (χ0) is 13.3. The molecule has 4 nitrogen and oxygen atoms in total. The Balaban J connectivity index is 2.42. The molecule has 0 aliphatic carbocycles. The molecule has 0 saturated heterocycles. The van der Waals surface area contributed by atoms with Gasteiger partial charge in [0.05, 0.1) is 18.2 Å². The van der Waals surface area contributed by atoms with Crippen molar-refractivity contribution in [3.63, 3.8) is 0 Å². The third-order valence-corrected chi connectivity index (χ3v) is 3.13. The van der Waals surface area contributed by atoms with Crippen LogP contribution in [0.25, 0.3) is 0 Å². The van der Waals surface area contributed by atoms with Crippen molar-refractivity contribution in [2.45, 2.75) is 26.7 Å². The van der Waals surface area contributed by atoms with Gasteiger partial charge in [-0.05, 0) is 30.4 Å². The second kappa shape index (κ2) is 4.80. The van der Waals surface area contributed by atoms with Crippen LogP contribution < -0.4 is 10.1 Å². The summed E-state index contributed by atoms with van der Waals surface area (Å²) in [6.07, 6.45) is 1.86. The first-order valence-electron chi connectivity index (χ1n) is 6.10. The molecule has 1 aliphatic rings. The Morgan fingerprint density at radius 3 is 2.56 bits per heavy atom. The molecule has 18 heavy (non-hydrogen) atoms. The number of carbonyl (C=O) groups excluding carboxylic acids is 2. The van der Waals surface area contributed by atoms with Crippen LogP contribution in [0.1, 0.15) is 46.5 Å². The molecule has 1 N–H and O–H groups in total. The van der Waals surface area contributed by atoms with Gasteiger partial charge < -0.3 is 4.74 Å². The van der Waals surface area contributed by atoms with Crippen molar-refractivity contribution in [3.8, 4) is 5.75 Å². The summed E-state index contributed by atoms with van der Waals surface area (Å²) >= 11 is 0. The number of amides is 2. The van der Waals surface area contributed by atoms with Crippen molar-refractivity contribution in [2.24, 2.45) is 5.92 Å². The van der Waals surface area contributed by atoms with E-state index in [9.17, 15) is 9.59 Å².